The first-order valence-electron chi connectivity index (χ1n) is 10.8. The lowest BCUT2D eigenvalue weighted by molar-refractivity contribution is -0.138. The Bertz CT molecular complexity index is 1470. The Kier molecular flexibility index (Phi) is 5.26. The summed E-state index contributed by atoms with van der Waals surface area (Å²) in [7, 11) is 0. The van der Waals surface area contributed by atoms with Gasteiger partial charge in [0.25, 0.3) is 0 Å². The van der Waals surface area contributed by atoms with Gasteiger partial charge in [-0.25, -0.2) is 9.59 Å². The molecular formula is C27H21NO6. The van der Waals surface area contributed by atoms with Crippen molar-refractivity contribution in [2.45, 2.75) is 18.9 Å². The van der Waals surface area contributed by atoms with E-state index in [2.05, 4.69) is 12.1 Å². The molecule has 3 N–H and O–H groups in total. The Morgan fingerprint density at radius 3 is 2.26 bits per heavy atom. The van der Waals surface area contributed by atoms with Gasteiger partial charge < -0.3 is 20.0 Å². The maximum atomic E-state index is 12.9. The van der Waals surface area contributed by atoms with E-state index in [-0.39, 0.29) is 29.2 Å². The zero-order valence-corrected chi connectivity index (χ0v) is 18.3. The van der Waals surface area contributed by atoms with E-state index in [0.29, 0.717) is 10.9 Å². The molecule has 1 aliphatic carbocycles. The Balaban J connectivity index is 1.42. The number of aryl methyl sites for hydroxylation is 1. The van der Waals surface area contributed by atoms with Gasteiger partial charge in [0.15, 0.2) is 0 Å². The number of carboxylic acid groups (broad SMARTS) is 1. The van der Waals surface area contributed by atoms with Crippen LogP contribution in [0.1, 0.15) is 44.6 Å². The highest BCUT2D eigenvalue weighted by molar-refractivity contribution is 5.95. The summed E-state index contributed by atoms with van der Waals surface area (Å²) in [6.45, 7) is 1.77. The van der Waals surface area contributed by atoms with Crippen molar-refractivity contribution < 1.29 is 23.8 Å². The number of carboxylic acids is 1. The van der Waals surface area contributed by atoms with Crippen LogP contribution < -0.4 is 11.4 Å². The van der Waals surface area contributed by atoms with Gasteiger partial charge in [-0.1, -0.05) is 54.6 Å². The molecule has 1 atom stereocenters. The van der Waals surface area contributed by atoms with Crippen LogP contribution in [-0.2, 0) is 9.53 Å². The van der Waals surface area contributed by atoms with E-state index in [1.54, 1.807) is 19.1 Å². The number of hydrogen-bond acceptors (Lipinski definition) is 6. The van der Waals surface area contributed by atoms with E-state index < -0.39 is 23.6 Å². The smallest absolute Gasteiger partial charge is 0.341 e. The van der Waals surface area contributed by atoms with Crippen LogP contribution in [0.2, 0.25) is 0 Å². The number of ether oxygens (including phenoxy) is 1. The van der Waals surface area contributed by atoms with Crippen molar-refractivity contribution in [1.29, 1.82) is 0 Å². The minimum absolute atomic E-state index is 0.0722. The van der Waals surface area contributed by atoms with Crippen molar-refractivity contribution in [2.75, 3.05) is 6.61 Å². The van der Waals surface area contributed by atoms with Crippen molar-refractivity contribution in [1.82, 2.24) is 0 Å². The van der Waals surface area contributed by atoms with Crippen LogP contribution in [0, 0.1) is 6.92 Å². The molecule has 1 aromatic heterocycles. The molecule has 7 nitrogen and oxygen atoms in total. The molecule has 5 rings (SSSR count). The zero-order chi connectivity index (χ0) is 24.0. The van der Waals surface area contributed by atoms with Crippen molar-refractivity contribution in [3.05, 3.63) is 105 Å². The molecule has 0 saturated carbocycles. The maximum absolute atomic E-state index is 12.9. The van der Waals surface area contributed by atoms with Crippen LogP contribution in [0.25, 0.3) is 22.1 Å². The predicted octanol–water partition coefficient (Wildman–Crippen LogP) is 4.16. The largest absolute Gasteiger partial charge is 0.480 e. The second kappa shape index (κ2) is 8.28. The number of carbonyl (C=O) groups is 2. The Labute approximate surface area is 194 Å². The minimum atomic E-state index is -1.50. The number of nitrogens with two attached hydrogens (primary N) is 1. The fourth-order valence-corrected chi connectivity index (χ4v) is 4.66. The van der Waals surface area contributed by atoms with E-state index in [9.17, 15) is 19.5 Å². The predicted molar refractivity (Wildman–Crippen MR) is 126 cm³/mol. The van der Waals surface area contributed by atoms with Gasteiger partial charge in [0.05, 0.1) is 11.1 Å². The zero-order valence-electron chi connectivity index (χ0n) is 18.3. The summed E-state index contributed by atoms with van der Waals surface area (Å²) in [5.74, 6) is -1.95. The molecule has 0 fully saturated rings. The van der Waals surface area contributed by atoms with Crippen LogP contribution >= 0.6 is 0 Å². The van der Waals surface area contributed by atoms with Crippen molar-refractivity contribution in [3.63, 3.8) is 0 Å². The van der Waals surface area contributed by atoms with Gasteiger partial charge in [-0.2, -0.15) is 0 Å². The van der Waals surface area contributed by atoms with Crippen LogP contribution in [0.5, 0.6) is 0 Å². The maximum Gasteiger partial charge on any atom is 0.341 e. The van der Waals surface area contributed by atoms with Crippen molar-refractivity contribution >= 4 is 22.9 Å². The van der Waals surface area contributed by atoms with Crippen LogP contribution in [0.15, 0.2) is 75.9 Å². The lowest BCUT2D eigenvalue weighted by Gasteiger charge is -2.15. The highest BCUT2D eigenvalue weighted by Crippen LogP contribution is 2.44. The fraction of sp³-hybridized carbons (Fsp3) is 0.148. The molecule has 0 saturated heterocycles. The molecule has 4 aromatic rings. The second-order valence-corrected chi connectivity index (χ2v) is 8.28. The van der Waals surface area contributed by atoms with Crippen LogP contribution in [0.3, 0.4) is 0 Å². The minimum Gasteiger partial charge on any atom is -0.480 e. The van der Waals surface area contributed by atoms with Gasteiger partial charge in [-0.3, -0.25) is 4.79 Å². The van der Waals surface area contributed by atoms with Gasteiger partial charge in [-0.15, -0.1) is 0 Å². The van der Waals surface area contributed by atoms with Crippen LogP contribution in [-0.4, -0.2) is 23.7 Å². The third-order valence-electron chi connectivity index (χ3n) is 6.37. The summed E-state index contributed by atoms with van der Waals surface area (Å²) >= 11 is 0. The first-order valence-corrected chi connectivity index (χ1v) is 10.8. The van der Waals surface area contributed by atoms with E-state index in [4.69, 9.17) is 14.9 Å². The van der Waals surface area contributed by atoms with Gasteiger partial charge in [0.1, 0.15) is 18.2 Å². The molecule has 170 valence electrons. The molecule has 1 heterocycles. The normalized spacial score (nSPS) is 13.4. The number of esters is 1. The Morgan fingerprint density at radius 2 is 1.65 bits per heavy atom. The SMILES string of the molecule is Cc1c(C(N)C(=O)O)c(=O)oc2cc(C(=O)OCC3c4ccccc4-c4ccccc43)ccc12. The summed E-state index contributed by atoms with van der Waals surface area (Å²) in [5, 5.41) is 9.68. The van der Waals surface area contributed by atoms with Crippen molar-refractivity contribution in [3.8, 4) is 11.1 Å². The summed E-state index contributed by atoms with van der Waals surface area (Å²) in [6.07, 6.45) is 0. The molecule has 0 radical (unpaired) electrons. The number of hydrogen-bond donors (Lipinski definition) is 2. The van der Waals surface area contributed by atoms with Crippen molar-refractivity contribution in [2.24, 2.45) is 5.73 Å². The molecule has 0 spiro atoms. The molecular weight excluding hydrogens is 434 g/mol. The second-order valence-electron chi connectivity index (χ2n) is 8.28. The molecule has 34 heavy (non-hydrogen) atoms. The van der Waals surface area contributed by atoms with Gasteiger partial charge in [0, 0.05) is 11.3 Å². The molecule has 0 aliphatic heterocycles. The topological polar surface area (TPSA) is 120 Å². The quantitative estimate of drug-likeness (QED) is 0.343. The summed E-state index contributed by atoms with van der Waals surface area (Å²) in [6, 6.07) is 19.2. The van der Waals surface area contributed by atoms with E-state index in [1.807, 2.05) is 36.4 Å². The number of carbonyl (C=O) groups excluding carboxylic acids is 1. The van der Waals surface area contributed by atoms with Gasteiger partial charge >= 0.3 is 17.6 Å². The molecule has 0 amide bonds. The highest BCUT2D eigenvalue weighted by atomic mass is 16.5. The molecule has 1 aliphatic rings. The Hall–Kier alpha value is -4.23. The lowest BCUT2D eigenvalue weighted by Crippen LogP contribution is -2.27. The third kappa shape index (κ3) is 3.47. The highest BCUT2D eigenvalue weighted by Gasteiger charge is 2.29. The standard InChI is InChI=1S/C27H21NO6/c1-14-16-11-10-15(12-22(16)34-27(32)23(14)24(28)25(29)30)26(31)33-13-21-19-8-4-2-6-17(19)18-7-3-5-9-20(18)21/h2-12,21,24H,13,28H2,1H3,(H,29,30). The number of fused-ring (bicyclic) bond motifs is 4. The molecule has 1 unspecified atom stereocenters. The molecule has 3 aromatic carbocycles. The molecule has 0 bridgehead atoms. The van der Waals surface area contributed by atoms with Crippen LogP contribution in [0.4, 0.5) is 0 Å². The number of aliphatic carboxylic acids is 1. The number of rotatable bonds is 5. The third-order valence-corrected chi connectivity index (χ3v) is 6.37. The Morgan fingerprint density at radius 1 is 1.03 bits per heavy atom. The van der Waals surface area contributed by atoms with Gasteiger partial charge in [0.2, 0.25) is 0 Å². The van der Waals surface area contributed by atoms with E-state index in [1.165, 1.54) is 6.07 Å². The number of benzene rings is 3. The molecule has 7 heteroatoms. The monoisotopic (exact) mass is 455 g/mol. The average molecular weight is 455 g/mol. The van der Waals surface area contributed by atoms with Gasteiger partial charge in [-0.05, 0) is 46.9 Å². The van der Waals surface area contributed by atoms with E-state index >= 15 is 0 Å². The van der Waals surface area contributed by atoms with E-state index in [0.717, 1.165) is 22.3 Å². The average Bonchev–Trinajstić information content (AvgIpc) is 3.15. The lowest BCUT2D eigenvalue weighted by atomic mass is 9.98. The first-order chi connectivity index (χ1) is 16.4. The summed E-state index contributed by atoms with van der Waals surface area (Å²) < 4.78 is 11.0. The summed E-state index contributed by atoms with van der Waals surface area (Å²) in [5.41, 5.74) is 9.97. The fourth-order valence-electron chi connectivity index (χ4n) is 4.66. The summed E-state index contributed by atoms with van der Waals surface area (Å²) in [4.78, 5) is 36.5. The first kappa shape index (κ1) is 21.6.